The molecule has 5 nitrogen and oxygen atoms in total. The second kappa shape index (κ2) is 10.1. The third-order valence-electron chi connectivity index (χ3n) is 4.15. The van der Waals surface area contributed by atoms with Crippen LogP contribution in [0.2, 0.25) is 0 Å². The van der Waals surface area contributed by atoms with Crippen LogP contribution in [0, 0.1) is 5.82 Å². The van der Waals surface area contributed by atoms with Gasteiger partial charge in [0.25, 0.3) is 0 Å². The molecule has 1 unspecified atom stereocenters. The van der Waals surface area contributed by atoms with Crippen molar-refractivity contribution in [1.82, 2.24) is 4.98 Å². The van der Waals surface area contributed by atoms with Crippen molar-refractivity contribution in [1.29, 1.82) is 0 Å². The van der Waals surface area contributed by atoms with E-state index in [2.05, 4.69) is 4.98 Å². The van der Waals surface area contributed by atoms with Crippen molar-refractivity contribution >= 4 is 21.9 Å². The Morgan fingerprint density at radius 2 is 2.07 bits per heavy atom. The van der Waals surface area contributed by atoms with Crippen molar-refractivity contribution in [3.05, 3.63) is 65.6 Å². The molecule has 0 aliphatic heterocycles. The Kier molecular flexibility index (Phi) is 7.87. The number of carbonyl (C=O) groups is 1. The largest absolute Gasteiger partial charge is 0.463 e. The number of esters is 1. The van der Waals surface area contributed by atoms with Gasteiger partial charge in [0, 0.05) is 12.3 Å². The highest BCUT2D eigenvalue weighted by Gasteiger charge is 2.22. The minimum absolute atomic E-state index is 0.000515. The number of unbranched alkanes of at least 4 members (excludes halogenated alkanes) is 1. The van der Waals surface area contributed by atoms with Crippen molar-refractivity contribution in [3.8, 4) is 0 Å². The zero-order chi connectivity index (χ0) is 20.6. The van der Waals surface area contributed by atoms with Crippen LogP contribution in [-0.4, -0.2) is 31.7 Å². The van der Waals surface area contributed by atoms with Crippen molar-refractivity contribution in [3.63, 3.8) is 0 Å². The number of hydrogen-bond donors (Lipinski definition) is 0. The Morgan fingerprint density at radius 1 is 1.29 bits per heavy atom. The van der Waals surface area contributed by atoms with Crippen LogP contribution >= 0.6 is 0 Å². The summed E-state index contributed by atoms with van der Waals surface area (Å²) in [6, 6.07) is 8.78. The summed E-state index contributed by atoms with van der Waals surface area (Å²) in [6.45, 7) is 4.06. The molecule has 0 saturated heterocycles. The topological polar surface area (TPSA) is 73.3 Å². The molecule has 0 fully saturated rings. The molecule has 28 heavy (non-hydrogen) atoms. The first kappa shape index (κ1) is 21.8. The molecule has 1 atom stereocenters. The average Bonchev–Trinajstić information content (AvgIpc) is 2.67. The number of hydrogen-bond acceptors (Lipinski definition) is 5. The molecule has 0 radical (unpaired) electrons. The zero-order valence-electron chi connectivity index (χ0n) is 16.0. The van der Waals surface area contributed by atoms with E-state index < -0.39 is 27.5 Å². The van der Waals surface area contributed by atoms with E-state index in [-0.39, 0.29) is 10.8 Å². The maximum absolute atomic E-state index is 13.7. The lowest BCUT2D eigenvalue weighted by Crippen LogP contribution is -2.15. The minimum atomic E-state index is -3.60. The van der Waals surface area contributed by atoms with Gasteiger partial charge in [0.2, 0.25) is 0 Å². The van der Waals surface area contributed by atoms with E-state index in [0.29, 0.717) is 17.7 Å². The van der Waals surface area contributed by atoms with Gasteiger partial charge in [-0.25, -0.2) is 22.6 Å². The van der Waals surface area contributed by atoms with Crippen molar-refractivity contribution in [2.45, 2.75) is 37.6 Å². The third-order valence-corrected chi connectivity index (χ3v) is 5.96. The van der Waals surface area contributed by atoms with E-state index >= 15 is 0 Å². The maximum Gasteiger partial charge on any atom is 0.330 e. The second-order valence-electron chi connectivity index (χ2n) is 6.48. The molecule has 2 rings (SSSR count). The smallest absolute Gasteiger partial charge is 0.330 e. The summed E-state index contributed by atoms with van der Waals surface area (Å²) in [5, 5.41) is 0.000515. The molecule has 0 aliphatic rings. The van der Waals surface area contributed by atoms with E-state index in [1.807, 2.05) is 6.92 Å². The molecular weight excluding hydrogens is 381 g/mol. The van der Waals surface area contributed by atoms with Crippen molar-refractivity contribution in [2.75, 3.05) is 12.4 Å². The number of carbonyl (C=O) groups excluding carboxylic acids is 1. The molecule has 0 amide bonds. The van der Waals surface area contributed by atoms with Gasteiger partial charge in [-0.1, -0.05) is 32.4 Å². The lowest BCUT2D eigenvalue weighted by molar-refractivity contribution is -0.137. The van der Waals surface area contributed by atoms with Gasteiger partial charge in [-0.05, 0) is 53.8 Å². The fourth-order valence-electron chi connectivity index (χ4n) is 2.70. The number of sulfone groups is 1. The Labute approximate surface area is 165 Å². The Morgan fingerprint density at radius 3 is 2.75 bits per heavy atom. The van der Waals surface area contributed by atoms with Gasteiger partial charge in [0.05, 0.1) is 12.4 Å². The van der Waals surface area contributed by atoms with Crippen LogP contribution in [0.25, 0.3) is 6.08 Å². The first-order chi connectivity index (χ1) is 13.3. The summed E-state index contributed by atoms with van der Waals surface area (Å²) in [5.74, 6) is -1.60. The minimum Gasteiger partial charge on any atom is -0.463 e. The average molecular weight is 405 g/mol. The number of aromatic nitrogens is 1. The number of halogens is 1. The van der Waals surface area contributed by atoms with E-state index in [0.717, 1.165) is 12.8 Å². The molecule has 0 spiro atoms. The molecule has 150 valence electrons. The Balaban J connectivity index is 2.20. The molecule has 0 bridgehead atoms. The van der Waals surface area contributed by atoms with E-state index in [9.17, 15) is 17.6 Å². The molecule has 0 aliphatic carbocycles. The third kappa shape index (κ3) is 6.27. The van der Waals surface area contributed by atoms with E-state index in [1.54, 1.807) is 19.1 Å². The van der Waals surface area contributed by atoms with E-state index in [4.69, 9.17) is 4.74 Å². The van der Waals surface area contributed by atoms with Crippen LogP contribution in [-0.2, 0) is 19.4 Å². The SMILES string of the molecule is CCCCOC(=O)/C=C/c1cc(F)ccc1C(C)CS(=O)(=O)c1ccccn1. The van der Waals surface area contributed by atoms with Crippen LogP contribution in [0.3, 0.4) is 0 Å². The Bertz CT molecular complexity index is 927. The summed E-state index contributed by atoms with van der Waals surface area (Å²) in [7, 11) is -3.60. The molecule has 0 saturated carbocycles. The standard InChI is InChI=1S/C21H24FNO4S/c1-3-4-13-27-21(24)11-8-17-14-18(22)9-10-19(17)16(2)15-28(25,26)20-7-5-6-12-23-20/h5-12,14,16H,3-4,13,15H2,1-2H3/b11-8+. The highest BCUT2D eigenvalue weighted by atomic mass is 32.2. The monoisotopic (exact) mass is 405 g/mol. The highest BCUT2D eigenvalue weighted by Crippen LogP contribution is 2.25. The molecule has 1 aromatic carbocycles. The number of ether oxygens (including phenoxy) is 1. The number of nitrogens with zero attached hydrogens (tertiary/aromatic N) is 1. The van der Waals surface area contributed by atoms with Crippen LogP contribution < -0.4 is 0 Å². The molecule has 2 aromatic rings. The summed E-state index contributed by atoms with van der Waals surface area (Å²) in [4.78, 5) is 15.7. The lowest BCUT2D eigenvalue weighted by Gasteiger charge is -2.15. The van der Waals surface area contributed by atoms with Crippen LogP contribution in [0.5, 0.6) is 0 Å². The van der Waals surface area contributed by atoms with Crippen LogP contribution in [0.1, 0.15) is 43.7 Å². The van der Waals surface area contributed by atoms with Crippen LogP contribution in [0.15, 0.2) is 53.7 Å². The fraction of sp³-hybridized carbons (Fsp3) is 0.333. The first-order valence-electron chi connectivity index (χ1n) is 9.11. The van der Waals surface area contributed by atoms with Gasteiger partial charge >= 0.3 is 5.97 Å². The predicted octanol–water partition coefficient (Wildman–Crippen LogP) is 4.15. The van der Waals surface area contributed by atoms with Crippen molar-refractivity contribution in [2.24, 2.45) is 0 Å². The number of rotatable bonds is 9. The van der Waals surface area contributed by atoms with Gasteiger partial charge < -0.3 is 4.74 Å². The highest BCUT2D eigenvalue weighted by molar-refractivity contribution is 7.91. The summed E-state index contributed by atoms with van der Waals surface area (Å²) < 4.78 is 43.9. The number of pyridine rings is 1. The zero-order valence-corrected chi connectivity index (χ0v) is 16.8. The van der Waals surface area contributed by atoms with Crippen LogP contribution in [0.4, 0.5) is 4.39 Å². The Hall–Kier alpha value is -2.54. The number of benzene rings is 1. The summed E-state index contributed by atoms with van der Waals surface area (Å²) in [5.41, 5.74) is 1.06. The normalized spacial score (nSPS) is 12.8. The van der Waals surface area contributed by atoms with Gasteiger partial charge in [-0.3, -0.25) is 0 Å². The van der Waals surface area contributed by atoms with Gasteiger partial charge in [0.15, 0.2) is 14.9 Å². The van der Waals surface area contributed by atoms with Gasteiger partial charge in [-0.15, -0.1) is 0 Å². The summed E-state index contributed by atoms with van der Waals surface area (Å²) in [6.07, 6.45) is 5.79. The summed E-state index contributed by atoms with van der Waals surface area (Å²) >= 11 is 0. The molecule has 1 aromatic heterocycles. The van der Waals surface area contributed by atoms with Gasteiger partial charge in [0.1, 0.15) is 5.82 Å². The van der Waals surface area contributed by atoms with E-state index in [1.165, 1.54) is 42.6 Å². The van der Waals surface area contributed by atoms with Gasteiger partial charge in [-0.2, -0.15) is 0 Å². The lowest BCUT2D eigenvalue weighted by atomic mass is 9.96. The quantitative estimate of drug-likeness (QED) is 0.356. The fourth-order valence-corrected chi connectivity index (χ4v) is 4.21. The van der Waals surface area contributed by atoms with Crippen molar-refractivity contribution < 1.29 is 22.3 Å². The predicted molar refractivity (Wildman–Crippen MR) is 106 cm³/mol. The molecular formula is C21H24FNO4S. The first-order valence-corrected chi connectivity index (χ1v) is 10.8. The molecule has 7 heteroatoms. The molecule has 0 N–H and O–H groups in total. The maximum atomic E-state index is 13.7. The second-order valence-corrected chi connectivity index (χ2v) is 8.46. The molecule has 1 heterocycles.